The lowest BCUT2D eigenvalue weighted by Gasteiger charge is -2.22. The fraction of sp³-hybridized carbons (Fsp3) is 0.367. The summed E-state index contributed by atoms with van der Waals surface area (Å²) in [5.74, 6) is 0.265. The van der Waals surface area contributed by atoms with Gasteiger partial charge in [-0.15, -0.1) is 0 Å². The van der Waals surface area contributed by atoms with Crippen molar-refractivity contribution in [3.8, 4) is 11.3 Å². The minimum Gasteiger partial charge on any atom is -0.478 e. The molecule has 2 aromatic carbocycles. The van der Waals surface area contributed by atoms with Crippen molar-refractivity contribution in [3.63, 3.8) is 0 Å². The zero-order valence-electron chi connectivity index (χ0n) is 22.4. The summed E-state index contributed by atoms with van der Waals surface area (Å²) in [6.45, 7) is 6.01. The topological polar surface area (TPSA) is 88.7 Å². The molecule has 1 aliphatic carbocycles. The van der Waals surface area contributed by atoms with Gasteiger partial charge in [-0.2, -0.15) is 0 Å². The van der Waals surface area contributed by atoms with Gasteiger partial charge < -0.3 is 19.3 Å². The minimum atomic E-state index is -0.940. The van der Waals surface area contributed by atoms with E-state index in [2.05, 4.69) is 36.1 Å². The predicted molar refractivity (Wildman–Crippen MR) is 161 cm³/mol. The molecule has 0 aliphatic heterocycles. The Labute approximate surface area is 247 Å². The zero-order chi connectivity index (χ0) is 28.2. The standard InChI is InChI=1S/C30H31Cl2N3O4S/c1-3-5-7-20(14-15-35(4-2)30-33-24-13-12-19(29(36)37)16-25(24)40-30)38-17-21-27(34-39-28(21)18-10-11-18)26-22(31)8-6-9-23(26)32/h5-9,12-13,16,18,20H,3-4,10-11,14-15,17H2,1-2H3,(H,36,37)/b7-5+. The fourth-order valence-electron chi connectivity index (χ4n) is 4.61. The third-order valence-electron chi connectivity index (χ3n) is 6.95. The monoisotopic (exact) mass is 599 g/mol. The number of hydrogen-bond donors (Lipinski definition) is 1. The van der Waals surface area contributed by atoms with E-state index in [1.807, 2.05) is 6.07 Å². The molecule has 0 saturated heterocycles. The van der Waals surface area contributed by atoms with E-state index in [0.717, 1.165) is 65.4 Å². The number of thiazole rings is 1. The Hall–Kier alpha value is -2.91. The number of rotatable bonds is 13. The summed E-state index contributed by atoms with van der Waals surface area (Å²) < 4.78 is 13.2. The van der Waals surface area contributed by atoms with Gasteiger partial charge in [0.1, 0.15) is 11.5 Å². The van der Waals surface area contributed by atoms with E-state index in [1.54, 1.807) is 30.3 Å². The summed E-state index contributed by atoms with van der Waals surface area (Å²) in [7, 11) is 0. The molecule has 5 rings (SSSR count). The van der Waals surface area contributed by atoms with E-state index in [0.29, 0.717) is 33.8 Å². The van der Waals surface area contributed by atoms with Gasteiger partial charge in [0.2, 0.25) is 0 Å². The highest BCUT2D eigenvalue weighted by molar-refractivity contribution is 7.22. The summed E-state index contributed by atoms with van der Waals surface area (Å²) in [5, 5.41) is 15.6. The Morgan fingerprint density at radius 1 is 1.25 bits per heavy atom. The van der Waals surface area contributed by atoms with Crippen molar-refractivity contribution >= 4 is 55.9 Å². The van der Waals surface area contributed by atoms with Crippen LogP contribution in [-0.2, 0) is 11.3 Å². The van der Waals surface area contributed by atoms with Gasteiger partial charge in [-0.25, -0.2) is 9.78 Å². The van der Waals surface area contributed by atoms with Crippen molar-refractivity contribution in [3.05, 3.63) is 75.5 Å². The highest BCUT2D eigenvalue weighted by Crippen LogP contribution is 2.46. The van der Waals surface area contributed by atoms with Gasteiger partial charge in [0.25, 0.3) is 0 Å². The van der Waals surface area contributed by atoms with E-state index in [-0.39, 0.29) is 11.7 Å². The number of carbonyl (C=O) groups is 1. The average Bonchev–Trinajstić information content (AvgIpc) is 3.56. The molecule has 0 spiro atoms. The summed E-state index contributed by atoms with van der Waals surface area (Å²) in [6, 6.07) is 10.5. The molecule has 1 N–H and O–H groups in total. The number of anilines is 1. The lowest BCUT2D eigenvalue weighted by molar-refractivity contribution is 0.0668. The first kappa shape index (κ1) is 28.6. The van der Waals surface area contributed by atoms with Crippen molar-refractivity contribution in [2.24, 2.45) is 0 Å². The van der Waals surface area contributed by atoms with Gasteiger partial charge in [0, 0.05) is 30.1 Å². The molecule has 4 aromatic rings. The van der Waals surface area contributed by atoms with Gasteiger partial charge >= 0.3 is 5.97 Å². The van der Waals surface area contributed by atoms with Crippen LogP contribution in [0.2, 0.25) is 10.0 Å². The van der Waals surface area contributed by atoms with Gasteiger partial charge in [0.05, 0.1) is 38.5 Å². The lowest BCUT2D eigenvalue weighted by Crippen LogP contribution is -2.27. The van der Waals surface area contributed by atoms with Crippen molar-refractivity contribution in [2.45, 2.75) is 58.2 Å². The van der Waals surface area contributed by atoms with E-state index in [1.165, 1.54) is 11.3 Å². The number of allylic oxidation sites excluding steroid dienone is 1. The number of ether oxygens (including phenoxy) is 1. The van der Waals surface area contributed by atoms with Crippen LogP contribution in [0.5, 0.6) is 0 Å². The van der Waals surface area contributed by atoms with Crippen LogP contribution < -0.4 is 4.90 Å². The molecule has 10 heteroatoms. The van der Waals surface area contributed by atoms with E-state index in [4.69, 9.17) is 37.4 Å². The number of carboxylic acid groups (broad SMARTS) is 1. The first-order valence-electron chi connectivity index (χ1n) is 13.5. The first-order chi connectivity index (χ1) is 19.4. The summed E-state index contributed by atoms with van der Waals surface area (Å²) in [6.07, 6.45) is 7.87. The van der Waals surface area contributed by atoms with Gasteiger partial charge in [-0.05, 0) is 62.9 Å². The van der Waals surface area contributed by atoms with Crippen LogP contribution in [0.4, 0.5) is 5.13 Å². The third-order valence-corrected chi connectivity index (χ3v) is 8.66. The summed E-state index contributed by atoms with van der Waals surface area (Å²) in [5.41, 5.74) is 3.27. The maximum Gasteiger partial charge on any atom is 0.335 e. The largest absolute Gasteiger partial charge is 0.478 e. The van der Waals surface area contributed by atoms with Crippen LogP contribution in [0.3, 0.4) is 0 Å². The molecule has 2 aromatic heterocycles. The quantitative estimate of drug-likeness (QED) is 0.154. The summed E-state index contributed by atoms with van der Waals surface area (Å²) >= 11 is 14.6. The lowest BCUT2D eigenvalue weighted by atomic mass is 10.0. The Morgan fingerprint density at radius 2 is 2.02 bits per heavy atom. The number of fused-ring (bicyclic) bond motifs is 1. The Balaban J connectivity index is 1.33. The van der Waals surface area contributed by atoms with Crippen LogP contribution in [-0.4, -0.2) is 40.4 Å². The number of aromatic carboxylic acids is 1. The smallest absolute Gasteiger partial charge is 0.335 e. The van der Waals surface area contributed by atoms with E-state index >= 15 is 0 Å². The van der Waals surface area contributed by atoms with Gasteiger partial charge in [-0.3, -0.25) is 0 Å². The molecule has 1 fully saturated rings. The molecule has 2 heterocycles. The minimum absolute atomic E-state index is 0.140. The van der Waals surface area contributed by atoms with Crippen LogP contribution in [0.25, 0.3) is 21.5 Å². The summed E-state index contributed by atoms with van der Waals surface area (Å²) in [4.78, 5) is 18.3. The molecule has 210 valence electrons. The van der Waals surface area contributed by atoms with Gasteiger partial charge in [0.15, 0.2) is 5.13 Å². The number of aromatic nitrogens is 2. The van der Waals surface area contributed by atoms with E-state index < -0.39 is 5.97 Å². The maximum atomic E-state index is 11.4. The molecule has 7 nitrogen and oxygen atoms in total. The second kappa shape index (κ2) is 12.7. The van der Waals surface area contributed by atoms with Crippen molar-refractivity contribution in [2.75, 3.05) is 18.0 Å². The van der Waals surface area contributed by atoms with Crippen LogP contribution in [0.1, 0.15) is 67.1 Å². The molecule has 0 amide bonds. The highest BCUT2D eigenvalue weighted by Gasteiger charge is 2.33. The molecular weight excluding hydrogens is 569 g/mol. The molecule has 1 unspecified atom stereocenters. The molecule has 1 atom stereocenters. The van der Waals surface area contributed by atoms with Crippen LogP contribution >= 0.6 is 34.5 Å². The SMILES string of the molecule is CC/C=C/C(CCN(CC)c1nc2ccc(C(=O)O)cc2s1)OCc1c(-c2c(Cl)cccc2Cl)noc1C1CC1. The molecule has 1 saturated carbocycles. The number of hydrogen-bond acceptors (Lipinski definition) is 7. The zero-order valence-corrected chi connectivity index (χ0v) is 24.7. The molecule has 0 bridgehead atoms. The van der Waals surface area contributed by atoms with Crippen LogP contribution in [0, 0.1) is 0 Å². The molecule has 40 heavy (non-hydrogen) atoms. The Kier molecular flexibility index (Phi) is 9.10. The second-order valence-corrected chi connectivity index (χ2v) is 11.6. The number of carboxylic acids is 1. The number of nitrogens with zero attached hydrogens (tertiary/aromatic N) is 3. The van der Waals surface area contributed by atoms with Crippen molar-refractivity contribution in [1.82, 2.24) is 10.1 Å². The Morgan fingerprint density at radius 3 is 2.70 bits per heavy atom. The van der Waals surface area contributed by atoms with Crippen LogP contribution in [0.15, 0.2) is 53.1 Å². The second-order valence-electron chi connectivity index (χ2n) is 9.78. The maximum absolute atomic E-state index is 11.4. The highest BCUT2D eigenvalue weighted by atomic mass is 35.5. The molecular formula is C30H31Cl2N3O4S. The Bertz CT molecular complexity index is 1510. The number of benzene rings is 2. The predicted octanol–water partition coefficient (Wildman–Crippen LogP) is 8.60. The fourth-order valence-corrected chi connectivity index (χ4v) is 6.29. The normalized spacial score (nSPS) is 14.3. The average molecular weight is 601 g/mol. The molecule has 1 aliphatic rings. The third kappa shape index (κ3) is 6.36. The van der Waals surface area contributed by atoms with Gasteiger partial charge in [-0.1, -0.05) is 64.8 Å². The first-order valence-corrected chi connectivity index (χ1v) is 15.1. The van der Waals surface area contributed by atoms with Crippen molar-refractivity contribution in [1.29, 1.82) is 0 Å². The molecule has 0 radical (unpaired) electrons. The van der Waals surface area contributed by atoms with E-state index in [9.17, 15) is 9.90 Å². The number of halogens is 2. The van der Waals surface area contributed by atoms with Crippen molar-refractivity contribution < 1.29 is 19.2 Å².